The van der Waals surface area contributed by atoms with Gasteiger partial charge < -0.3 is 16.6 Å². The average Bonchev–Trinajstić information content (AvgIpc) is 2.52. The molecule has 1 aliphatic heterocycles. The SMILES string of the molecule is [CH2-]COCCC[C@@H](CN1CCCCC1)c1ccccc1.[Mo]. The van der Waals surface area contributed by atoms with Crippen LogP contribution in [-0.2, 0) is 25.8 Å². The molecule has 21 heavy (non-hydrogen) atoms. The van der Waals surface area contributed by atoms with Crippen molar-refractivity contribution in [3.05, 3.63) is 42.8 Å². The van der Waals surface area contributed by atoms with E-state index >= 15 is 0 Å². The van der Waals surface area contributed by atoms with E-state index in [1.807, 2.05) is 0 Å². The van der Waals surface area contributed by atoms with Crippen molar-refractivity contribution in [2.45, 2.75) is 38.0 Å². The monoisotopic (exact) mass is 372 g/mol. The van der Waals surface area contributed by atoms with Crippen molar-refractivity contribution in [1.82, 2.24) is 4.90 Å². The Balaban J connectivity index is 0.00000220. The molecule has 2 rings (SSSR count). The van der Waals surface area contributed by atoms with Crippen LogP contribution in [0.5, 0.6) is 0 Å². The average molecular weight is 370 g/mol. The van der Waals surface area contributed by atoms with Crippen LogP contribution in [-0.4, -0.2) is 37.7 Å². The number of rotatable bonds is 8. The van der Waals surface area contributed by atoms with Crippen LogP contribution < -0.4 is 0 Å². The molecule has 1 saturated heterocycles. The predicted molar refractivity (Wildman–Crippen MR) is 84.9 cm³/mol. The van der Waals surface area contributed by atoms with E-state index in [-0.39, 0.29) is 21.1 Å². The molecule has 0 bridgehead atoms. The van der Waals surface area contributed by atoms with E-state index in [0.717, 1.165) is 13.0 Å². The van der Waals surface area contributed by atoms with E-state index in [9.17, 15) is 0 Å². The van der Waals surface area contributed by atoms with Gasteiger partial charge in [-0.3, -0.25) is 0 Å². The van der Waals surface area contributed by atoms with Gasteiger partial charge in [-0.25, -0.2) is 0 Å². The molecule has 1 aliphatic rings. The van der Waals surface area contributed by atoms with Crippen molar-refractivity contribution in [2.75, 3.05) is 32.8 Å². The third kappa shape index (κ3) is 7.08. The normalized spacial score (nSPS) is 17.2. The third-order valence-electron chi connectivity index (χ3n) is 4.18. The summed E-state index contributed by atoms with van der Waals surface area (Å²) >= 11 is 0. The molecule has 0 saturated carbocycles. The van der Waals surface area contributed by atoms with E-state index in [0.29, 0.717) is 12.5 Å². The van der Waals surface area contributed by atoms with Gasteiger partial charge in [0.05, 0.1) is 0 Å². The molecule has 1 atom stereocenters. The first kappa shape index (κ1) is 18.9. The minimum absolute atomic E-state index is 0. The third-order valence-corrected chi connectivity index (χ3v) is 4.18. The summed E-state index contributed by atoms with van der Waals surface area (Å²) in [6, 6.07) is 11.0. The van der Waals surface area contributed by atoms with Crippen LogP contribution in [0, 0.1) is 6.92 Å². The van der Waals surface area contributed by atoms with E-state index in [1.165, 1.54) is 50.9 Å². The Morgan fingerprint density at radius 1 is 1.10 bits per heavy atom. The maximum atomic E-state index is 5.39. The summed E-state index contributed by atoms with van der Waals surface area (Å²) in [5.74, 6) is 0.641. The van der Waals surface area contributed by atoms with E-state index in [1.54, 1.807) is 0 Å². The summed E-state index contributed by atoms with van der Waals surface area (Å²) in [7, 11) is 0. The fraction of sp³-hybridized carbons (Fsp3) is 0.611. The van der Waals surface area contributed by atoms with Crippen LogP contribution in [0.3, 0.4) is 0 Å². The van der Waals surface area contributed by atoms with Crippen LogP contribution in [0.25, 0.3) is 0 Å². The molecule has 0 amide bonds. The van der Waals surface area contributed by atoms with Crippen molar-refractivity contribution in [3.8, 4) is 0 Å². The summed E-state index contributed by atoms with van der Waals surface area (Å²) in [4.78, 5) is 2.64. The van der Waals surface area contributed by atoms with E-state index in [2.05, 4.69) is 42.2 Å². The number of benzene rings is 1. The molecule has 3 heteroatoms. The smallest absolute Gasteiger partial charge is 0.0430 e. The van der Waals surface area contributed by atoms with Crippen molar-refractivity contribution < 1.29 is 25.8 Å². The summed E-state index contributed by atoms with van der Waals surface area (Å²) in [5, 5.41) is 0. The first-order valence-corrected chi connectivity index (χ1v) is 8.04. The molecule has 1 aromatic carbocycles. The predicted octanol–water partition coefficient (Wildman–Crippen LogP) is 3.88. The fourth-order valence-electron chi connectivity index (χ4n) is 3.08. The molecule has 0 N–H and O–H groups in total. The van der Waals surface area contributed by atoms with Gasteiger partial charge in [0.2, 0.25) is 0 Å². The van der Waals surface area contributed by atoms with Crippen LogP contribution in [0.1, 0.15) is 43.6 Å². The number of likely N-dealkylation sites (tertiary alicyclic amines) is 1. The molecule has 1 fully saturated rings. The van der Waals surface area contributed by atoms with E-state index in [4.69, 9.17) is 4.74 Å². The largest absolute Gasteiger partial charge is 0.413 e. The van der Waals surface area contributed by atoms with Gasteiger partial charge in [-0.1, -0.05) is 43.4 Å². The first-order chi connectivity index (χ1) is 9.90. The van der Waals surface area contributed by atoms with Crippen molar-refractivity contribution >= 4 is 0 Å². The van der Waals surface area contributed by atoms with E-state index < -0.39 is 0 Å². The number of hydrogen-bond acceptors (Lipinski definition) is 2. The molecule has 0 aromatic heterocycles. The van der Waals surface area contributed by atoms with Gasteiger partial charge in [-0.15, -0.1) is 0 Å². The summed E-state index contributed by atoms with van der Waals surface area (Å²) in [6.45, 7) is 8.90. The Morgan fingerprint density at radius 2 is 1.81 bits per heavy atom. The summed E-state index contributed by atoms with van der Waals surface area (Å²) < 4.78 is 5.39. The van der Waals surface area contributed by atoms with Crippen molar-refractivity contribution in [3.63, 3.8) is 0 Å². The second-order valence-electron chi connectivity index (χ2n) is 5.72. The quantitative estimate of drug-likeness (QED) is 0.391. The molecule has 2 nitrogen and oxygen atoms in total. The Morgan fingerprint density at radius 3 is 2.48 bits per heavy atom. The van der Waals surface area contributed by atoms with Gasteiger partial charge in [0.25, 0.3) is 0 Å². The van der Waals surface area contributed by atoms with Gasteiger partial charge >= 0.3 is 0 Å². The standard InChI is InChI=1S/C18H28NO.Mo/c1-2-20-15-9-12-18(17-10-5-3-6-11-17)16-19-13-7-4-8-14-19;/h3,5-6,10-11,18H,1-2,4,7-9,12-16H2;/q-1;/t18-;/m0./s1. The Kier molecular flexibility index (Phi) is 10.2. The molecular weight excluding hydrogens is 342 g/mol. The van der Waals surface area contributed by atoms with Crippen molar-refractivity contribution in [1.29, 1.82) is 0 Å². The van der Waals surface area contributed by atoms with Crippen LogP contribution in [0.15, 0.2) is 30.3 Å². The van der Waals surface area contributed by atoms with Crippen LogP contribution in [0.2, 0.25) is 0 Å². The van der Waals surface area contributed by atoms with Crippen LogP contribution >= 0.6 is 0 Å². The van der Waals surface area contributed by atoms with Gasteiger partial charge in [-0.05, 0) is 50.3 Å². The first-order valence-electron chi connectivity index (χ1n) is 8.04. The molecule has 118 valence electrons. The van der Waals surface area contributed by atoms with Gasteiger partial charge in [0.1, 0.15) is 0 Å². The van der Waals surface area contributed by atoms with Gasteiger partial charge in [-0.2, -0.15) is 0 Å². The summed E-state index contributed by atoms with van der Waals surface area (Å²) in [5.41, 5.74) is 1.48. The molecule has 0 aliphatic carbocycles. The fourth-order valence-corrected chi connectivity index (χ4v) is 3.08. The number of ether oxygens (including phenoxy) is 1. The Bertz CT molecular complexity index is 351. The topological polar surface area (TPSA) is 12.5 Å². The minimum Gasteiger partial charge on any atom is -0.413 e. The zero-order chi connectivity index (χ0) is 14.0. The number of piperidine rings is 1. The van der Waals surface area contributed by atoms with Crippen molar-refractivity contribution in [2.24, 2.45) is 0 Å². The molecule has 1 heterocycles. The molecule has 1 aromatic rings. The Hall–Kier alpha value is -0.172. The second kappa shape index (κ2) is 11.4. The minimum atomic E-state index is 0. The summed E-state index contributed by atoms with van der Waals surface area (Å²) in [6.07, 6.45) is 6.48. The Labute approximate surface area is 144 Å². The zero-order valence-electron chi connectivity index (χ0n) is 13.0. The number of nitrogens with zero attached hydrogens (tertiary/aromatic N) is 1. The second-order valence-corrected chi connectivity index (χ2v) is 5.72. The molecule has 0 radical (unpaired) electrons. The maximum Gasteiger partial charge on any atom is 0.0430 e. The molecule has 0 spiro atoms. The number of hydrogen-bond donors (Lipinski definition) is 0. The van der Waals surface area contributed by atoms with Gasteiger partial charge in [0, 0.05) is 34.2 Å². The van der Waals surface area contributed by atoms with Gasteiger partial charge in [0.15, 0.2) is 0 Å². The molecule has 0 unspecified atom stereocenters. The zero-order valence-corrected chi connectivity index (χ0v) is 15.0. The maximum absolute atomic E-state index is 5.39. The molecular formula is C18H28MoNO-. The van der Waals surface area contributed by atoms with Crippen LogP contribution in [0.4, 0.5) is 0 Å².